The molecule has 0 aromatic heterocycles. The van der Waals surface area contributed by atoms with Crippen LogP contribution in [0.1, 0.15) is 22.8 Å². The van der Waals surface area contributed by atoms with Crippen LogP contribution in [0.5, 0.6) is 0 Å². The molecule has 26 heavy (non-hydrogen) atoms. The molecule has 2 rings (SSSR count). The Morgan fingerprint density at radius 1 is 0.962 bits per heavy atom. The van der Waals surface area contributed by atoms with Crippen LogP contribution in [0.2, 0.25) is 0 Å². The molecule has 0 bridgehead atoms. The highest BCUT2D eigenvalue weighted by Crippen LogP contribution is 2.11. The van der Waals surface area contributed by atoms with Gasteiger partial charge < -0.3 is 4.74 Å². The monoisotopic (exact) mass is 375 g/mol. The fourth-order valence-corrected chi connectivity index (χ4v) is 3.63. The largest absolute Gasteiger partial charge is 0.449 e. The standard InChI is InChI=1S/C19H21NO5S/c1-2-25-19(22)20(15-18(21)17-11-7-4-8-12-17)26(23,24)14-13-16-9-5-3-6-10-16/h3-12H,2,13-15H2,1H3. The van der Waals surface area contributed by atoms with Crippen LogP contribution in [0.4, 0.5) is 4.79 Å². The van der Waals surface area contributed by atoms with Crippen molar-refractivity contribution in [2.45, 2.75) is 13.3 Å². The van der Waals surface area contributed by atoms with Crippen molar-refractivity contribution in [3.8, 4) is 0 Å². The molecule has 0 aliphatic heterocycles. The average Bonchev–Trinajstić information content (AvgIpc) is 2.66. The lowest BCUT2D eigenvalue weighted by Gasteiger charge is -2.21. The number of rotatable bonds is 8. The number of ketones is 1. The van der Waals surface area contributed by atoms with E-state index >= 15 is 0 Å². The van der Waals surface area contributed by atoms with Gasteiger partial charge in [0.05, 0.1) is 12.4 Å². The third kappa shape index (κ3) is 5.42. The van der Waals surface area contributed by atoms with Crippen molar-refractivity contribution in [1.29, 1.82) is 0 Å². The summed E-state index contributed by atoms with van der Waals surface area (Å²) in [5.41, 5.74) is 1.16. The van der Waals surface area contributed by atoms with Gasteiger partial charge in [-0.3, -0.25) is 4.79 Å². The van der Waals surface area contributed by atoms with Gasteiger partial charge in [-0.05, 0) is 18.9 Å². The highest BCUT2D eigenvalue weighted by molar-refractivity contribution is 7.89. The van der Waals surface area contributed by atoms with Gasteiger partial charge in [0.2, 0.25) is 10.0 Å². The van der Waals surface area contributed by atoms with Gasteiger partial charge >= 0.3 is 6.09 Å². The molecule has 2 aromatic carbocycles. The molecular weight excluding hydrogens is 354 g/mol. The Labute approximate surface area is 153 Å². The lowest BCUT2D eigenvalue weighted by molar-refractivity contribution is 0.0930. The highest BCUT2D eigenvalue weighted by atomic mass is 32.2. The zero-order valence-electron chi connectivity index (χ0n) is 14.5. The predicted octanol–water partition coefficient (Wildman–Crippen LogP) is 2.90. The van der Waals surface area contributed by atoms with E-state index in [9.17, 15) is 18.0 Å². The second kappa shape index (κ2) is 9.15. The van der Waals surface area contributed by atoms with E-state index in [2.05, 4.69) is 0 Å². The van der Waals surface area contributed by atoms with Crippen LogP contribution >= 0.6 is 0 Å². The minimum atomic E-state index is -4.01. The van der Waals surface area contributed by atoms with Gasteiger partial charge in [0, 0.05) is 5.56 Å². The number of sulfonamides is 1. The minimum absolute atomic E-state index is 0.0169. The van der Waals surface area contributed by atoms with E-state index in [-0.39, 0.29) is 18.8 Å². The normalized spacial score (nSPS) is 11.0. The second-order valence-electron chi connectivity index (χ2n) is 5.55. The summed E-state index contributed by atoms with van der Waals surface area (Å²) in [6.45, 7) is 1.01. The molecule has 0 saturated heterocycles. The molecule has 0 atom stereocenters. The third-order valence-electron chi connectivity index (χ3n) is 3.68. The first-order valence-electron chi connectivity index (χ1n) is 8.23. The first kappa shape index (κ1) is 19.7. The first-order chi connectivity index (χ1) is 12.4. The average molecular weight is 375 g/mol. The summed E-state index contributed by atoms with van der Waals surface area (Å²) >= 11 is 0. The smallest absolute Gasteiger partial charge is 0.423 e. The van der Waals surface area contributed by atoms with E-state index in [1.165, 1.54) is 0 Å². The van der Waals surface area contributed by atoms with Gasteiger partial charge in [0.15, 0.2) is 5.78 Å². The Hall–Kier alpha value is -2.67. The molecule has 138 valence electrons. The number of aryl methyl sites for hydroxylation is 1. The Bertz CT molecular complexity index is 835. The molecule has 0 radical (unpaired) electrons. The van der Waals surface area contributed by atoms with Crippen molar-refractivity contribution >= 4 is 21.9 Å². The van der Waals surface area contributed by atoms with Crippen LogP contribution in [-0.4, -0.2) is 43.5 Å². The minimum Gasteiger partial charge on any atom is -0.449 e. The van der Waals surface area contributed by atoms with E-state index in [4.69, 9.17) is 4.74 Å². The van der Waals surface area contributed by atoms with Gasteiger partial charge in [-0.25, -0.2) is 13.2 Å². The van der Waals surface area contributed by atoms with Crippen LogP contribution < -0.4 is 0 Å². The number of amides is 1. The zero-order valence-corrected chi connectivity index (χ0v) is 15.3. The molecule has 2 aromatic rings. The molecule has 0 aliphatic carbocycles. The van der Waals surface area contributed by atoms with Gasteiger partial charge in [0.1, 0.15) is 6.54 Å². The first-order valence-corrected chi connectivity index (χ1v) is 9.84. The van der Waals surface area contributed by atoms with E-state index in [1.807, 2.05) is 18.2 Å². The number of nitrogens with zero attached hydrogens (tertiary/aromatic N) is 1. The van der Waals surface area contributed by atoms with E-state index in [0.29, 0.717) is 9.87 Å². The van der Waals surface area contributed by atoms with E-state index in [1.54, 1.807) is 49.4 Å². The predicted molar refractivity (Wildman–Crippen MR) is 98.4 cm³/mol. The fourth-order valence-electron chi connectivity index (χ4n) is 2.32. The number of ether oxygens (including phenoxy) is 1. The molecule has 1 amide bonds. The van der Waals surface area contributed by atoms with Crippen LogP contribution in [0.15, 0.2) is 60.7 Å². The third-order valence-corrected chi connectivity index (χ3v) is 5.35. The van der Waals surface area contributed by atoms with Crippen molar-refractivity contribution < 1.29 is 22.7 Å². The maximum atomic E-state index is 12.7. The van der Waals surface area contributed by atoms with Crippen molar-refractivity contribution in [3.63, 3.8) is 0 Å². The maximum absolute atomic E-state index is 12.7. The van der Waals surface area contributed by atoms with Crippen molar-refractivity contribution in [2.75, 3.05) is 18.9 Å². The Morgan fingerprint density at radius 3 is 2.12 bits per heavy atom. The van der Waals surface area contributed by atoms with Gasteiger partial charge in [0.25, 0.3) is 0 Å². The number of Topliss-reactive ketones (excluding diaryl/α,β-unsaturated/α-hetero) is 1. The number of benzene rings is 2. The lowest BCUT2D eigenvalue weighted by Crippen LogP contribution is -2.42. The molecule has 6 nitrogen and oxygen atoms in total. The summed E-state index contributed by atoms with van der Waals surface area (Å²) in [5, 5.41) is 0. The number of carbonyl (C=O) groups is 2. The molecular formula is C19H21NO5S. The molecule has 0 aliphatic rings. The summed E-state index contributed by atoms with van der Waals surface area (Å²) in [4.78, 5) is 24.5. The summed E-state index contributed by atoms with van der Waals surface area (Å²) < 4.78 is 30.7. The highest BCUT2D eigenvalue weighted by Gasteiger charge is 2.30. The Kier molecular flexibility index (Phi) is 6.91. The van der Waals surface area contributed by atoms with Gasteiger partial charge in [-0.2, -0.15) is 4.31 Å². The fraction of sp³-hybridized carbons (Fsp3) is 0.263. The lowest BCUT2D eigenvalue weighted by atomic mass is 10.1. The van der Waals surface area contributed by atoms with Crippen LogP contribution in [0.25, 0.3) is 0 Å². The van der Waals surface area contributed by atoms with Gasteiger partial charge in [-0.1, -0.05) is 60.7 Å². The second-order valence-corrected chi connectivity index (χ2v) is 7.56. The van der Waals surface area contributed by atoms with Crippen LogP contribution in [-0.2, 0) is 21.2 Å². The van der Waals surface area contributed by atoms with Crippen LogP contribution in [0.3, 0.4) is 0 Å². The van der Waals surface area contributed by atoms with Crippen molar-refractivity contribution in [2.24, 2.45) is 0 Å². The number of hydrogen-bond acceptors (Lipinski definition) is 5. The van der Waals surface area contributed by atoms with Crippen molar-refractivity contribution in [3.05, 3.63) is 71.8 Å². The molecule has 7 heteroatoms. The Morgan fingerprint density at radius 2 is 1.54 bits per heavy atom. The maximum Gasteiger partial charge on any atom is 0.423 e. The molecule has 0 spiro atoms. The van der Waals surface area contributed by atoms with Gasteiger partial charge in [-0.15, -0.1) is 0 Å². The van der Waals surface area contributed by atoms with Crippen molar-refractivity contribution in [1.82, 2.24) is 4.31 Å². The molecule has 0 unspecified atom stereocenters. The molecule has 0 heterocycles. The SMILES string of the molecule is CCOC(=O)N(CC(=O)c1ccccc1)S(=O)(=O)CCc1ccccc1. The molecule has 0 fully saturated rings. The molecule has 0 N–H and O–H groups in total. The summed E-state index contributed by atoms with van der Waals surface area (Å²) in [6, 6.07) is 17.3. The van der Waals surface area contributed by atoms with E-state index < -0.39 is 28.4 Å². The summed E-state index contributed by atoms with van der Waals surface area (Å²) in [6.07, 6.45) is -0.802. The zero-order chi connectivity index (χ0) is 19.0. The molecule has 0 saturated carbocycles. The summed E-state index contributed by atoms with van der Waals surface area (Å²) in [7, 11) is -4.01. The summed E-state index contributed by atoms with van der Waals surface area (Å²) in [5.74, 6) is -0.764. The Balaban J connectivity index is 2.17. The van der Waals surface area contributed by atoms with Crippen LogP contribution in [0, 0.1) is 0 Å². The topological polar surface area (TPSA) is 80.8 Å². The van der Waals surface area contributed by atoms with E-state index in [0.717, 1.165) is 5.56 Å². The number of hydrogen-bond donors (Lipinski definition) is 0. The quantitative estimate of drug-likeness (QED) is 0.663. The number of carbonyl (C=O) groups excluding carboxylic acids is 2.